The number of hydrogen-bond acceptors (Lipinski definition) is 4. The molecule has 84 valence electrons. The lowest BCUT2D eigenvalue weighted by atomic mass is 10.0. The predicted molar refractivity (Wildman–Crippen MR) is 54.4 cm³/mol. The summed E-state index contributed by atoms with van der Waals surface area (Å²) in [6, 6.07) is 4.16. The van der Waals surface area contributed by atoms with Crippen molar-refractivity contribution in [2.45, 2.75) is 13.3 Å². The molecule has 0 fully saturated rings. The van der Waals surface area contributed by atoms with E-state index in [0.29, 0.717) is 5.56 Å². The molecule has 0 unspecified atom stereocenters. The van der Waals surface area contributed by atoms with E-state index in [-0.39, 0.29) is 11.3 Å². The first-order valence-electron chi connectivity index (χ1n) is 4.42. The Bertz CT molecular complexity index is 466. The monoisotopic (exact) mass is 223 g/mol. The lowest BCUT2D eigenvalue weighted by Crippen LogP contribution is -2.11. The van der Waals surface area contributed by atoms with Gasteiger partial charge in [0, 0.05) is 6.07 Å². The molecule has 0 atom stereocenters. The van der Waals surface area contributed by atoms with Crippen molar-refractivity contribution >= 4 is 17.4 Å². The van der Waals surface area contributed by atoms with Crippen molar-refractivity contribution in [2.75, 3.05) is 0 Å². The van der Waals surface area contributed by atoms with Gasteiger partial charge in [0.05, 0.1) is 10.5 Å². The summed E-state index contributed by atoms with van der Waals surface area (Å²) in [5.41, 5.74) is -0.0819. The van der Waals surface area contributed by atoms with Gasteiger partial charge < -0.3 is 5.11 Å². The van der Waals surface area contributed by atoms with Crippen molar-refractivity contribution in [1.29, 1.82) is 0 Å². The summed E-state index contributed by atoms with van der Waals surface area (Å²) in [7, 11) is 0. The van der Waals surface area contributed by atoms with Crippen LogP contribution in [0.4, 0.5) is 5.69 Å². The van der Waals surface area contributed by atoms with Crippen LogP contribution in [0.2, 0.25) is 0 Å². The van der Waals surface area contributed by atoms with E-state index in [1.165, 1.54) is 25.1 Å². The van der Waals surface area contributed by atoms with Crippen LogP contribution in [0.1, 0.15) is 22.3 Å². The molecule has 0 spiro atoms. The summed E-state index contributed by atoms with van der Waals surface area (Å²) in [5.74, 6) is -2.06. The van der Waals surface area contributed by atoms with Crippen LogP contribution >= 0.6 is 0 Å². The molecule has 0 aliphatic rings. The van der Waals surface area contributed by atoms with Gasteiger partial charge in [0.15, 0.2) is 5.78 Å². The SMILES string of the molecule is Cc1cccc([N+](=O)[O-])c1C(=O)CC(=O)O. The third kappa shape index (κ3) is 2.41. The summed E-state index contributed by atoms with van der Waals surface area (Å²) >= 11 is 0. The summed E-state index contributed by atoms with van der Waals surface area (Å²) in [4.78, 5) is 31.9. The van der Waals surface area contributed by atoms with Crippen molar-refractivity contribution in [3.05, 3.63) is 39.4 Å². The van der Waals surface area contributed by atoms with Crippen LogP contribution in [0.25, 0.3) is 0 Å². The van der Waals surface area contributed by atoms with Gasteiger partial charge in [0.25, 0.3) is 5.69 Å². The highest BCUT2D eigenvalue weighted by atomic mass is 16.6. The Morgan fingerprint density at radius 1 is 1.44 bits per heavy atom. The van der Waals surface area contributed by atoms with Crippen LogP contribution in [0, 0.1) is 17.0 Å². The van der Waals surface area contributed by atoms with Gasteiger partial charge >= 0.3 is 5.97 Å². The highest BCUT2D eigenvalue weighted by Crippen LogP contribution is 2.23. The molecule has 6 nitrogen and oxygen atoms in total. The van der Waals surface area contributed by atoms with Crippen LogP contribution in [0.5, 0.6) is 0 Å². The number of benzene rings is 1. The quantitative estimate of drug-likeness (QED) is 0.361. The fourth-order valence-electron chi connectivity index (χ4n) is 1.39. The predicted octanol–water partition coefficient (Wildman–Crippen LogP) is 1.56. The number of aryl methyl sites for hydroxylation is 1. The number of carbonyl (C=O) groups excluding carboxylic acids is 1. The van der Waals surface area contributed by atoms with Gasteiger partial charge in [-0.25, -0.2) is 0 Å². The van der Waals surface area contributed by atoms with Crippen LogP contribution < -0.4 is 0 Å². The number of ketones is 1. The molecule has 0 saturated heterocycles. The Balaban J connectivity index is 3.25. The van der Waals surface area contributed by atoms with Crippen molar-refractivity contribution < 1.29 is 19.6 Å². The molecule has 1 N–H and O–H groups in total. The van der Waals surface area contributed by atoms with Gasteiger partial charge in [0.2, 0.25) is 0 Å². The highest BCUT2D eigenvalue weighted by Gasteiger charge is 2.23. The third-order valence-corrected chi connectivity index (χ3v) is 2.04. The Morgan fingerprint density at radius 2 is 2.06 bits per heavy atom. The number of rotatable bonds is 4. The molecule has 0 aliphatic carbocycles. The fraction of sp³-hybridized carbons (Fsp3) is 0.200. The van der Waals surface area contributed by atoms with Crippen LogP contribution in [0.3, 0.4) is 0 Å². The van der Waals surface area contributed by atoms with Gasteiger partial charge in [-0.05, 0) is 12.5 Å². The molecule has 0 heterocycles. The summed E-state index contributed by atoms with van der Waals surface area (Å²) in [6.45, 7) is 1.53. The zero-order chi connectivity index (χ0) is 12.3. The second-order valence-electron chi connectivity index (χ2n) is 3.22. The second-order valence-corrected chi connectivity index (χ2v) is 3.22. The lowest BCUT2D eigenvalue weighted by molar-refractivity contribution is -0.385. The molecule has 16 heavy (non-hydrogen) atoms. The zero-order valence-corrected chi connectivity index (χ0v) is 8.47. The largest absolute Gasteiger partial charge is 0.481 e. The van der Waals surface area contributed by atoms with Crippen molar-refractivity contribution in [3.63, 3.8) is 0 Å². The van der Waals surface area contributed by atoms with E-state index in [4.69, 9.17) is 5.11 Å². The van der Waals surface area contributed by atoms with E-state index >= 15 is 0 Å². The Kier molecular flexibility index (Phi) is 3.34. The molecule has 1 rings (SSSR count). The number of carboxylic acids is 1. The number of nitro benzene ring substituents is 1. The molecule has 0 saturated carbocycles. The van der Waals surface area contributed by atoms with E-state index in [0.717, 1.165) is 0 Å². The Hall–Kier alpha value is -2.24. The minimum absolute atomic E-state index is 0.130. The standard InChI is InChI=1S/C10H9NO5/c1-6-3-2-4-7(11(15)16)10(6)8(12)5-9(13)14/h2-4H,5H2,1H3,(H,13,14). The van der Waals surface area contributed by atoms with Crippen molar-refractivity contribution in [2.24, 2.45) is 0 Å². The lowest BCUT2D eigenvalue weighted by Gasteiger charge is -2.03. The number of aliphatic carboxylic acids is 1. The summed E-state index contributed by atoms with van der Waals surface area (Å²) < 4.78 is 0. The molecular weight excluding hydrogens is 214 g/mol. The zero-order valence-electron chi connectivity index (χ0n) is 8.47. The van der Waals surface area contributed by atoms with Crippen molar-refractivity contribution in [3.8, 4) is 0 Å². The fourth-order valence-corrected chi connectivity index (χ4v) is 1.39. The van der Waals surface area contributed by atoms with Gasteiger partial charge in [-0.3, -0.25) is 19.7 Å². The molecule has 0 bridgehead atoms. The molecule has 6 heteroatoms. The maximum absolute atomic E-state index is 11.5. The van der Waals surface area contributed by atoms with E-state index in [2.05, 4.69) is 0 Å². The smallest absolute Gasteiger partial charge is 0.311 e. The first-order valence-corrected chi connectivity index (χ1v) is 4.42. The maximum atomic E-state index is 11.5. The summed E-state index contributed by atoms with van der Waals surface area (Å²) in [6.07, 6.45) is -0.744. The van der Waals surface area contributed by atoms with E-state index in [1.54, 1.807) is 0 Å². The Morgan fingerprint density at radius 3 is 2.56 bits per heavy atom. The van der Waals surface area contributed by atoms with Crippen molar-refractivity contribution in [1.82, 2.24) is 0 Å². The molecule has 0 radical (unpaired) electrons. The summed E-state index contributed by atoms with van der Waals surface area (Å²) in [5, 5.41) is 19.1. The van der Waals surface area contributed by atoms with Gasteiger partial charge in [-0.15, -0.1) is 0 Å². The number of hydrogen-bond donors (Lipinski definition) is 1. The van der Waals surface area contributed by atoms with Crippen LogP contribution in [0.15, 0.2) is 18.2 Å². The number of Topliss-reactive ketones (excluding diaryl/α,β-unsaturated/α-hetero) is 1. The van der Waals surface area contributed by atoms with E-state index in [1.807, 2.05) is 0 Å². The van der Waals surface area contributed by atoms with Crippen LogP contribution in [-0.4, -0.2) is 21.8 Å². The number of carboxylic acid groups (broad SMARTS) is 1. The minimum atomic E-state index is -1.30. The average Bonchev–Trinajstić information content (AvgIpc) is 2.15. The van der Waals surface area contributed by atoms with E-state index < -0.39 is 23.1 Å². The number of nitro groups is 1. The minimum Gasteiger partial charge on any atom is -0.481 e. The molecule has 0 amide bonds. The maximum Gasteiger partial charge on any atom is 0.311 e. The van der Waals surface area contributed by atoms with Gasteiger partial charge in [-0.2, -0.15) is 0 Å². The van der Waals surface area contributed by atoms with Gasteiger partial charge in [0.1, 0.15) is 6.42 Å². The first kappa shape index (κ1) is 11.8. The van der Waals surface area contributed by atoms with Crippen LogP contribution in [-0.2, 0) is 4.79 Å². The number of nitrogens with zero attached hydrogens (tertiary/aromatic N) is 1. The normalized spacial score (nSPS) is 9.81. The molecule has 1 aromatic rings. The molecule has 1 aromatic carbocycles. The highest BCUT2D eigenvalue weighted by molar-refractivity contribution is 6.08. The van der Waals surface area contributed by atoms with E-state index in [9.17, 15) is 19.7 Å². The molecular formula is C10H9NO5. The molecule has 0 aliphatic heterocycles. The third-order valence-electron chi connectivity index (χ3n) is 2.04. The first-order chi connectivity index (χ1) is 7.43. The topological polar surface area (TPSA) is 97.5 Å². The number of carbonyl (C=O) groups is 2. The second kappa shape index (κ2) is 4.52. The molecule has 0 aromatic heterocycles. The average molecular weight is 223 g/mol. The Labute approximate surface area is 90.7 Å². The van der Waals surface area contributed by atoms with Gasteiger partial charge in [-0.1, -0.05) is 12.1 Å².